The van der Waals surface area contributed by atoms with Gasteiger partial charge in [0.2, 0.25) is 0 Å². The highest BCUT2D eigenvalue weighted by atomic mass is 14.7. The maximum absolute atomic E-state index is 6.28. The Morgan fingerprint density at radius 3 is 1.69 bits per heavy atom. The van der Waals surface area contributed by atoms with Crippen molar-refractivity contribution < 1.29 is 0 Å². The second kappa shape index (κ2) is 9.04. The van der Waals surface area contributed by atoms with Gasteiger partial charge in [-0.05, 0) is 32.6 Å². The van der Waals surface area contributed by atoms with E-state index in [9.17, 15) is 0 Å². The number of hydrogen-bond donors (Lipinski definition) is 1. The molecule has 0 heterocycles. The molecule has 1 atom stereocenters. The normalized spacial score (nSPS) is 14.1. The van der Waals surface area contributed by atoms with Crippen molar-refractivity contribution in [1.29, 1.82) is 0 Å². The SMILES string of the molecule is CCCCCCC(CCCCC)C(C)(C)N. The van der Waals surface area contributed by atoms with E-state index in [1.165, 1.54) is 57.8 Å². The molecular weight excluding hydrogens is 194 g/mol. The van der Waals surface area contributed by atoms with Gasteiger partial charge in [0.1, 0.15) is 0 Å². The van der Waals surface area contributed by atoms with E-state index in [0.29, 0.717) is 0 Å². The lowest BCUT2D eigenvalue weighted by Gasteiger charge is -2.31. The predicted octanol–water partition coefficient (Wildman–Crippen LogP) is 4.89. The zero-order chi connectivity index (χ0) is 12.4. The highest BCUT2D eigenvalue weighted by molar-refractivity contribution is 4.82. The Kier molecular flexibility index (Phi) is 9.02. The van der Waals surface area contributed by atoms with Crippen molar-refractivity contribution in [3.05, 3.63) is 0 Å². The molecule has 0 rings (SSSR count). The molecule has 0 aromatic rings. The molecule has 0 aromatic carbocycles. The van der Waals surface area contributed by atoms with Gasteiger partial charge in [-0.25, -0.2) is 0 Å². The second-order valence-electron chi connectivity index (χ2n) is 5.86. The van der Waals surface area contributed by atoms with Crippen molar-refractivity contribution >= 4 is 0 Å². The molecule has 0 aliphatic rings. The van der Waals surface area contributed by atoms with Gasteiger partial charge in [0.25, 0.3) is 0 Å². The van der Waals surface area contributed by atoms with Crippen molar-refractivity contribution in [1.82, 2.24) is 0 Å². The standard InChI is InChI=1S/C15H33N/c1-5-7-9-11-13-14(15(3,4)16)12-10-8-6-2/h14H,5-13,16H2,1-4H3. The van der Waals surface area contributed by atoms with Crippen LogP contribution in [0.5, 0.6) is 0 Å². The molecule has 1 heteroatoms. The summed E-state index contributed by atoms with van der Waals surface area (Å²) in [6.07, 6.45) is 12.1. The van der Waals surface area contributed by atoms with Crippen LogP contribution in [0.4, 0.5) is 0 Å². The van der Waals surface area contributed by atoms with Crippen LogP contribution < -0.4 is 5.73 Å². The summed E-state index contributed by atoms with van der Waals surface area (Å²) in [7, 11) is 0. The molecular formula is C15H33N. The Labute approximate surface area is 103 Å². The van der Waals surface area contributed by atoms with Crippen LogP contribution in [0.15, 0.2) is 0 Å². The van der Waals surface area contributed by atoms with Gasteiger partial charge >= 0.3 is 0 Å². The lowest BCUT2D eigenvalue weighted by molar-refractivity contribution is 0.268. The van der Waals surface area contributed by atoms with Crippen LogP contribution in [0.3, 0.4) is 0 Å². The third-order valence-electron chi connectivity index (χ3n) is 3.61. The van der Waals surface area contributed by atoms with E-state index in [0.717, 1.165) is 5.92 Å². The fourth-order valence-corrected chi connectivity index (χ4v) is 2.35. The summed E-state index contributed by atoms with van der Waals surface area (Å²) >= 11 is 0. The van der Waals surface area contributed by atoms with Crippen LogP contribution in [-0.2, 0) is 0 Å². The molecule has 16 heavy (non-hydrogen) atoms. The number of hydrogen-bond acceptors (Lipinski definition) is 1. The largest absolute Gasteiger partial charge is 0.325 e. The molecule has 0 saturated carbocycles. The van der Waals surface area contributed by atoms with Gasteiger partial charge in [0.05, 0.1) is 0 Å². The van der Waals surface area contributed by atoms with E-state index >= 15 is 0 Å². The summed E-state index contributed by atoms with van der Waals surface area (Å²) in [6, 6.07) is 0. The summed E-state index contributed by atoms with van der Waals surface area (Å²) in [5.74, 6) is 0.718. The zero-order valence-corrected chi connectivity index (χ0v) is 12.0. The van der Waals surface area contributed by atoms with Crippen LogP contribution in [0.1, 0.15) is 85.5 Å². The van der Waals surface area contributed by atoms with Gasteiger partial charge in [-0.15, -0.1) is 0 Å². The van der Waals surface area contributed by atoms with E-state index < -0.39 is 0 Å². The van der Waals surface area contributed by atoms with Crippen LogP contribution in [0.2, 0.25) is 0 Å². The number of nitrogens with two attached hydrogens (primary N) is 1. The zero-order valence-electron chi connectivity index (χ0n) is 12.0. The molecule has 98 valence electrons. The first-order valence-electron chi connectivity index (χ1n) is 7.31. The molecule has 0 saturated heterocycles. The van der Waals surface area contributed by atoms with Gasteiger partial charge in [0.15, 0.2) is 0 Å². The Morgan fingerprint density at radius 2 is 1.25 bits per heavy atom. The number of rotatable bonds is 10. The van der Waals surface area contributed by atoms with Crippen molar-refractivity contribution in [2.75, 3.05) is 0 Å². The molecule has 0 aliphatic carbocycles. The maximum atomic E-state index is 6.28. The Balaban J connectivity index is 3.82. The predicted molar refractivity (Wildman–Crippen MR) is 74.7 cm³/mol. The van der Waals surface area contributed by atoms with Gasteiger partial charge in [-0.3, -0.25) is 0 Å². The van der Waals surface area contributed by atoms with Crippen molar-refractivity contribution in [2.45, 2.75) is 91.0 Å². The third kappa shape index (κ3) is 8.15. The van der Waals surface area contributed by atoms with Gasteiger partial charge in [-0.1, -0.05) is 58.8 Å². The minimum absolute atomic E-state index is 0.0138. The minimum atomic E-state index is 0.0138. The van der Waals surface area contributed by atoms with Crippen LogP contribution in [0.25, 0.3) is 0 Å². The smallest absolute Gasteiger partial charge is 0.0125 e. The first-order valence-corrected chi connectivity index (χ1v) is 7.31. The highest BCUT2D eigenvalue weighted by Gasteiger charge is 2.23. The quantitative estimate of drug-likeness (QED) is 0.528. The lowest BCUT2D eigenvalue weighted by atomic mass is 9.80. The molecule has 0 radical (unpaired) electrons. The number of unbranched alkanes of at least 4 members (excludes halogenated alkanes) is 5. The Morgan fingerprint density at radius 1 is 0.812 bits per heavy atom. The first kappa shape index (κ1) is 16.0. The average molecular weight is 227 g/mol. The van der Waals surface area contributed by atoms with E-state index in [-0.39, 0.29) is 5.54 Å². The van der Waals surface area contributed by atoms with Crippen LogP contribution in [-0.4, -0.2) is 5.54 Å². The van der Waals surface area contributed by atoms with E-state index in [4.69, 9.17) is 5.73 Å². The third-order valence-corrected chi connectivity index (χ3v) is 3.61. The topological polar surface area (TPSA) is 26.0 Å². The summed E-state index contributed by atoms with van der Waals surface area (Å²) in [5, 5.41) is 0. The average Bonchev–Trinajstić information content (AvgIpc) is 2.20. The van der Waals surface area contributed by atoms with Crippen LogP contribution in [0, 0.1) is 5.92 Å². The summed E-state index contributed by atoms with van der Waals surface area (Å²) < 4.78 is 0. The van der Waals surface area contributed by atoms with Crippen LogP contribution >= 0.6 is 0 Å². The molecule has 1 nitrogen and oxygen atoms in total. The molecule has 0 bridgehead atoms. The van der Waals surface area contributed by atoms with Crippen molar-refractivity contribution in [2.24, 2.45) is 11.7 Å². The lowest BCUT2D eigenvalue weighted by Crippen LogP contribution is -2.40. The van der Waals surface area contributed by atoms with Gasteiger partial charge in [0, 0.05) is 5.54 Å². The fourth-order valence-electron chi connectivity index (χ4n) is 2.35. The van der Waals surface area contributed by atoms with E-state index in [1.807, 2.05) is 0 Å². The maximum Gasteiger partial charge on any atom is 0.0125 e. The monoisotopic (exact) mass is 227 g/mol. The first-order chi connectivity index (χ1) is 7.52. The molecule has 0 spiro atoms. The van der Waals surface area contributed by atoms with E-state index in [2.05, 4.69) is 27.7 Å². The van der Waals surface area contributed by atoms with Crippen molar-refractivity contribution in [3.8, 4) is 0 Å². The van der Waals surface area contributed by atoms with Crippen molar-refractivity contribution in [3.63, 3.8) is 0 Å². The highest BCUT2D eigenvalue weighted by Crippen LogP contribution is 2.26. The molecule has 0 aliphatic heterocycles. The summed E-state index contributed by atoms with van der Waals surface area (Å²) in [4.78, 5) is 0. The fraction of sp³-hybridized carbons (Fsp3) is 1.00. The minimum Gasteiger partial charge on any atom is -0.325 e. The molecule has 0 amide bonds. The molecule has 0 fully saturated rings. The summed E-state index contributed by atoms with van der Waals surface area (Å²) in [6.45, 7) is 8.93. The van der Waals surface area contributed by atoms with Gasteiger partial charge in [-0.2, -0.15) is 0 Å². The molecule has 0 aromatic heterocycles. The second-order valence-corrected chi connectivity index (χ2v) is 5.86. The van der Waals surface area contributed by atoms with Gasteiger partial charge < -0.3 is 5.73 Å². The Bertz CT molecular complexity index is 146. The Hall–Kier alpha value is -0.0400. The molecule has 1 unspecified atom stereocenters. The molecule has 2 N–H and O–H groups in total. The van der Waals surface area contributed by atoms with E-state index in [1.54, 1.807) is 0 Å². The summed E-state index contributed by atoms with van der Waals surface area (Å²) in [5.41, 5.74) is 6.29.